The average molecular weight is 450 g/mol. The fraction of sp³-hybridized carbons (Fsp3) is 0.333. The number of hydrogen-bond donors (Lipinski definition) is 1. The number of halogens is 2. The maximum absolute atomic E-state index is 3.66. The molecule has 1 N–H and O–H groups in total. The Morgan fingerprint density at radius 3 is 2.84 bits per heavy atom. The molecular weight excluding hydrogens is 433 g/mol. The zero-order valence-electron chi connectivity index (χ0n) is 10.8. The minimum atomic E-state index is 0.393. The molecule has 0 amide bonds. The molecule has 2 rings (SSSR count). The molecule has 0 radical (unpaired) electrons. The second kappa shape index (κ2) is 7.76. The lowest BCUT2D eigenvalue weighted by atomic mass is 10.0. The van der Waals surface area contributed by atoms with E-state index in [1.807, 2.05) is 11.3 Å². The van der Waals surface area contributed by atoms with Crippen LogP contribution in [-0.4, -0.2) is 6.54 Å². The van der Waals surface area contributed by atoms with E-state index >= 15 is 0 Å². The van der Waals surface area contributed by atoms with Crippen LogP contribution in [0.4, 0.5) is 0 Å². The Morgan fingerprint density at radius 2 is 2.21 bits per heavy atom. The molecule has 0 aliphatic carbocycles. The van der Waals surface area contributed by atoms with Gasteiger partial charge < -0.3 is 5.32 Å². The van der Waals surface area contributed by atoms with Crippen molar-refractivity contribution in [3.8, 4) is 0 Å². The summed E-state index contributed by atoms with van der Waals surface area (Å²) in [6.07, 6.45) is 2.20. The molecule has 2 aromatic rings. The summed E-state index contributed by atoms with van der Waals surface area (Å²) < 4.78 is 2.52. The van der Waals surface area contributed by atoms with Gasteiger partial charge in [0, 0.05) is 25.4 Å². The molecule has 0 fully saturated rings. The highest BCUT2D eigenvalue weighted by molar-refractivity contribution is 14.1. The van der Waals surface area contributed by atoms with Gasteiger partial charge in [-0.15, -0.1) is 11.3 Å². The van der Waals surface area contributed by atoms with Crippen molar-refractivity contribution in [2.24, 2.45) is 0 Å². The molecule has 1 unspecified atom stereocenters. The molecule has 1 aromatic heterocycles. The minimum absolute atomic E-state index is 0.393. The van der Waals surface area contributed by atoms with Crippen molar-refractivity contribution >= 4 is 49.9 Å². The standard InChI is InChI=1S/C15H17BrINS/c1-2-7-18-14(10-15-13(16)6-8-19-15)11-4-3-5-12(17)9-11/h3-6,8-9,14,18H,2,7,10H2,1H3. The molecule has 0 saturated carbocycles. The van der Waals surface area contributed by atoms with E-state index in [-0.39, 0.29) is 0 Å². The highest BCUT2D eigenvalue weighted by atomic mass is 127. The first-order chi connectivity index (χ1) is 9.20. The highest BCUT2D eigenvalue weighted by Crippen LogP contribution is 2.28. The molecule has 1 nitrogen and oxygen atoms in total. The van der Waals surface area contributed by atoms with Gasteiger partial charge in [-0.2, -0.15) is 0 Å². The molecule has 0 saturated heterocycles. The van der Waals surface area contributed by atoms with Crippen LogP contribution in [0.15, 0.2) is 40.2 Å². The highest BCUT2D eigenvalue weighted by Gasteiger charge is 2.14. The van der Waals surface area contributed by atoms with Crippen molar-refractivity contribution in [2.75, 3.05) is 6.54 Å². The van der Waals surface area contributed by atoms with Gasteiger partial charge in [-0.05, 0) is 80.6 Å². The summed E-state index contributed by atoms with van der Waals surface area (Å²) in [6, 6.07) is 11.3. The van der Waals surface area contributed by atoms with Crippen LogP contribution in [0, 0.1) is 3.57 Å². The average Bonchev–Trinajstić information content (AvgIpc) is 2.80. The Labute approximate surface area is 141 Å². The van der Waals surface area contributed by atoms with Crippen molar-refractivity contribution in [1.82, 2.24) is 5.32 Å². The van der Waals surface area contributed by atoms with Gasteiger partial charge in [0.25, 0.3) is 0 Å². The maximum Gasteiger partial charge on any atom is 0.0369 e. The number of nitrogens with one attached hydrogen (secondary N) is 1. The predicted octanol–water partition coefficient (Wildman–Crippen LogP) is 5.40. The van der Waals surface area contributed by atoms with Gasteiger partial charge in [-0.3, -0.25) is 0 Å². The van der Waals surface area contributed by atoms with Gasteiger partial charge in [0.2, 0.25) is 0 Å². The Kier molecular flexibility index (Phi) is 6.32. The summed E-state index contributed by atoms with van der Waals surface area (Å²) in [5.41, 5.74) is 1.38. The SMILES string of the molecule is CCCNC(Cc1sccc1Br)c1cccc(I)c1. The second-order valence-corrected chi connectivity index (χ2v) is 7.56. The first-order valence-corrected chi connectivity index (χ1v) is 9.16. The van der Waals surface area contributed by atoms with Crippen LogP contribution in [-0.2, 0) is 6.42 Å². The quantitative estimate of drug-likeness (QED) is 0.582. The van der Waals surface area contributed by atoms with E-state index in [1.165, 1.54) is 18.5 Å². The lowest BCUT2D eigenvalue weighted by Crippen LogP contribution is -2.24. The van der Waals surface area contributed by atoms with Crippen molar-refractivity contribution in [3.05, 3.63) is 54.2 Å². The third kappa shape index (κ3) is 4.55. The Balaban J connectivity index is 2.18. The molecule has 1 atom stereocenters. The Bertz CT molecular complexity index is 526. The summed E-state index contributed by atoms with van der Waals surface area (Å²) in [6.45, 7) is 3.26. The molecule has 0 spiro atoms. The normalized spacial score (nSPS) is 12.6. The summed E-state index contributed by atoms with van der Waals surface area (Å²) in [7, 11) is 0. The van der Waals surface area contributed by atoms with E-state index < -0.39 is 0 Å². The topological polar surface area (TPSA) is 12.0 Å². The molecule has 0 aliphatic heterocycles. The molecule has 1 aromatic carbocycles. The monoisotopic (exact) mass is 449 g/mol. The molecule has 102 valence electrons. The molecule has 0 aliphatic rings. The second-order valence-electron chi connectivity index (χ2n) is 4.46. The number of benzene rings is 1. The van der Waals surface area contributed by atoms with Crippen LogP contribution < -0.4 is 5.32 Å². The number of rotatable bonds is 6. The van der Waals surface area contributed by atoms with Crippen LogP contribution in [0.3, 0.4) is 0 Å². The third-order valence-corrected chi connectivity index (χ3v) is 5.59. The lowest BCUT2D eigenvalue weighted by Gasteiger charge is -2.19. The Hall–Kier alpha value is 0.0900. The van der Waals surface area contributed by atoms with E-state index in [0.29, 0.717) is 6.04 Å². The summed E-state index contributed by atoms with van der Waals surface area (Å²) in [5, 5.41) is 5.80. The van der Waals surface area contributed by atoms with Crippen molar-refractivity contribution in [1.29, 1.82) is 0 Å². The van der Waals surface area contributed by atoms with E-state index in [9.17, 15) is 0 Å². The largest absolute Gasteiger partial charge is 0.310 e. The number of hydrogen-bond acceptors (Lipinski definition) is 2. The zero-order chi connectivity index (χ0) is 13.7. The summed E-state index contributed by atoms with van der Waals surface area (Å²) >= 11 is 7.83. The van der Waals surface area contributed by atoms with Crippen molar-refractivity contribution < 1.29 is 0 Å². The third-order valence-electron chi connectivity index (χ3n) is 2.97. The molecule has 19 heavy (non-hydrogen) atoms. The van der Waals surface area contributed by atoms with Crippen LogP contribution in [0.2, 0.25) is 0 Å². The van der Waals surface area contributed by atoms with E-state index in [4.69, 9.17) is 0 Å². The molecular formula is C15H17BrINS. The van der Waals surface area contributed by atoms with Gasteiger partial charge in [-0.1, -0.05) is 19.1 Å². The van der Waals surface area contributed by atoms with Gasteiger partial charge in [-0.25, -0.2) is 0 Å². The first-order valence-electron chi connectivity index (χ1n) is 6.41. The summed E-state index contributed by atoms with van der Waals surface area (Å²) in [4.78, 5) is 1.41. The fourth-order valence-corrected chi connectivity index (χ4v) is 4.13. The van der Waals surface area contributed by atoms with Crippen molar-refractivity contribution in [3.63, 3.8) is 0 Å². The van der Waals surface area contributed by atoms with Gasteiger partial charge >= 0.3 is 0 Å². The van der Waals surface area contributed by atoms with Crippen LogP contribution in [0.5, 0.6) is 0 Å². The van der Waals surface area contributed by atoms with Crippen LogP contribution in [0.25, 0.3) is 0 Å². The van der Waals surface area contributed by atoms with Gasteiger partial charge in [0.05, 0.1) is 0 Å². The van der Waals surface area contributed by atoms with Crippen LogP contribution in [0.1, 0.15) is 29.8 Å². The predicted molar refractivity (Wildman–Crippen MR) is 95.9 cm³/mol. The van der Waals surface area contributed by atoms with Gasteiger partial charge in [0.1, 0.15) is 0 Å². The lowest BCUT2D eigenvalue weighted by molar-refractivity contribution is 0.531. The maximum atomic E-state index is 3.66. The van der Waals surface area contributed by atoms with Gasteiger partial charge in [0.15, 0.2) is 0 Å². The van der Waals surface area contributed by atoms with Crippen LogP contribution >= 0.6 is 49.9 Å². The first kappa shape index (κ1) is 15.5. The summed E-state index contributed by atoms with van der Waals surface area (Å²) in [5.74, 6) is 0. The van der Waals surface area contributed by atoms with E-state index in [1.54, 1.807) is 0 Å². The number of thiophene rings is 1. The van der Waals surface area contributed by atoms with Crippen molar-refractivity contribution in [2.45, 2.75) is 25.8 Å². The zero-order valence-corrected chi connectivity index (χ0v) is 15.4. The molecule has 0 bridgehead atoms. The van der Waals surface area contributed by atoms with E-state index in [2.05, 4.69) is 86.5 Å². The smallest absolute Gasteiger partial charge is 0.0369 e. The molecule has 4 heteroatoms. The molecule has 1 heterocycles. The Morgan fingerprint density at radius 1 is 1.37 bits per heavy atom. The fourth-order valence-electron chi connectivity index (χ4n) is 2.01. The van der Waals surface area contributed by atoms with E-state index in [0.717, 1.165) is 19.4 Å². The minimum Gasteiger partial charge on any atom is -0.310 e.